The van der Waals surface area contributed by atoms with Gasteiger partial charge in [0.2, 0.25) is 0 Å². The van der Waals surface area contributed by atoms with Crippen molar-refractivity contribution in [3.63, 3.8) is 0 Å². The van der Waals surface area contributed by atoms with E-state index in [1.165, 1.54) is 23.1 Å². The van der Waals surface area contributed by atoms with Gasteiger partial charge in [-0.15, -0.1) is 0 Å². The van der Waals surface area contributed by atoms with Crippen molar-refractivity contribution in [2.45, 2.75) is 74.7 Å². The average molecular weight is 597 g/mol. The lowest BCUT2D eigenvalue weighted by Crippen LogP contribution is -2.49. The number of anilines is 1. The van der Waals surface area contributed by atoms with E-state index in [9.17, 15) is 9.90 Å². The summed E-state index contributed by atoms with van der Waals surface area (Å²) < 4.78 is 15.5. The number of nitrogens with zero attached hydrogens (tertiary/aromatic N) is 1. The number of ether oxygens (including phenoxy) is 2. The second kappa shape index (κ2) is 12.2. The Morgan fingerprint density at radius 3 is 2.90 bits per heavy atom. The standard InChI is InChI=1S/C33H41ClN2O4S/c1-3-31-30(39-2)8-4-7-28(37)25-12-9-23(25)18-36-19-33(15-5-6-21-16-24(34)11-13-26(21)33)20-40-29-14-10-22(17-27(29)36)32(38)35-41-31/h4,7,10-11,13-14,16-17,23,25,28,30-31,37H,3,5-6,8-9,12,15,18-20H2,1-2H3,(H,35,38)/b7-4-/t23-,25+,28-,30-,31-,33-/m0/s1. The molecule has 1 saturated carbocycles. The van der Waals surface area contributed by atoms with E-state index in [0.717, 1.165) is 68.1 Å². The number of methoxy groups -OCH3 is 1. The molecule has 2 bridgehead atoms. The lowest BCUT2D eigenvalue weighted by atomic mass is 9.68. The van der Waals surface area contributed by atoms with Gasteiger partial charge in [0.05, 0.1) is 29.8 Å². The summed E-state index contributed by atoms with van der Waals surface area (Å²) in [5.74, 6) is 1.27. The highest BCUT2D eigenvalue weighted by molar-refractivity contribution is 7.98. The van der Waals surface area contributed by atoms with Gasteiger partial charge in [0, 0.05) is 36.2 Å². The van der Waals surface area contributed by atoms with Gasteiger partial charge in [0.25, 0.3) is 5.91 Å². The molecule has 2 aromatic rings. The van der Waals surface area contributed by atoms with E-state index in [0.29, 0.717) is 24.5 Å². The van der Waals surface area contributed by atoms with E-state index in [1.807, 2.05) is 30.3 Å². The van der Waals surface area contributed by atoms with Gasteiger partial charge in [0.15, 0.2) is 0 Å². The highest BCUT2D eigenvalue weighted by atomic mass is 35.5. The lowest BCUT2D eigenvalue weighted by molar-refractivity contribution is 0.0452. The van der Waals surface area contributed by atoms with E-state index in [-0.39, 0.29) is 28.6 Å². The van der Waals surface area contributed by atoms with Crippen LogP contribution >= 0.6 is 23.5 Å². The largest absolute Gasteiger partial charge is 0.490 e. The van der Waals surface area contributed by atoms with Crippen LogP contribution in [0.4, 0.5) is 5.69 Å². The Balaban J connectivity index is 1.38. The van der Waals surface area contributed by atoms with Gasteiger partial charge in [0.1, 0.15) is 5.75 Å². The molecule has 2 aliphatic carbocycles. The van der Waals surface area contributed by atoms with E-state index >= 15 is 0 Å². The quantitative estimate of drug-likeness (QED) is 0.312. The third kappa shape index (κ3) is 5.75. The predicted octanol–water partition coefficient (Wildman–Crippen LogP) is 6.33. The molecule has 2 heterocycles. The highest BCUT2D eigenvalue weighted by Crippen LogP contribution is 2.46. The van der Waals surface area contributed by atoms with Crippen molar-refractivity contribution < 1.29 is 19.4 Å². The summed E-state index contributed by atoms with van der Waals surface area (Å²) in [6.07, 6.45) is 10.3. The Hall–Kier alpha value is -2.19. The summed E-state index contributed by atoms with van der Waals surface area (Å²) in [4.78, 5) is 15.9. The molecule has 6 atom stereocenters. The van der Waals surface area contributed by atoms with Crippen LogP contribution < -0.4 is 14.4 Å². The van der Waals surface area contributed by atoms with Crippen LogP contribution in [0.5, 0.6) is 5.75 Å². The Bertz CT molecular complexity index is 1300. The smallest absolute Gasteiger partial charge is 0.261 e. The van der Waals surface area contributed by atoms with Gasteiger partial charge in [-0.3, -0.25) is 9.52 Å². The normalized spacial score (nSPS) is 32.5. The summed E-state index contributed by atoms with van der Waals surface area (Å²) in [6, 6.07) is 12.1. The molecule has 0 aromatic heterocycles. The molecule has 1 amide bonds. The molecule has 0 radical (unpaired) electrons. The van der Waals surface area contributed by atoms with Crippen LogP contribution in [0.15, 0.2) is 48.6 Å². The molecule has 2 aliphatic heterocycles. The molecule has 8 heteroatoms. The third-order valence-electron chi connectivity index (χ3n) is 9.79. The van der Waals surface area contributed by atoms with Crippen LogP contribution in [0.25, 0.3) is 0 Å². The van der Waals surface area contributed by atoms with Gasteiger partial charge in [-0.2, -0.15) is 0 Å². The van der Waals surface area contributed by atoms with E-state index in [1.54, 1.807) is 7.11 Å². The van der Waals surface area contributed by atoms with Crippen LogP contribution in [0.2, 0.25) is 5.02 Å². The molecular weight excluding hydrogens is 556 g/mol. The minimum Gasteiger partial charge on any atom is -0.490 e. The van der Waals surface area contributed by atoms with Gasteiger partial charge in [-0.05, 0) is 110 Å². The van der Waals surface area contributed by atoms with Crippen molar-refractivity contribution in [3.05, 3.63) is 70.3 Å². The first-order valence-corrected chi connectivity index (χ1v) is 16.3. The van der Waals surface area contributed by atoms with Crippen molar-refractivity contribution in [1.82, 2.24) is 4.72 Å². The van der Waals surface area contributed by atoms with E-state index in [4.69, 9.17) is 21.1 Å². The first-order valence-electron chi connectivity index (χ1n) is 15.0. The summed E-state index contributed by atoms with van der Waals surface area (Å²) in [6.45, 7) is 4.31. The van der Waals surface area contributed by atoms with Crippen LogP contribution in [-0.2, 0) is 16.6 Å². The number of halogens is 1. The second-order valence-corrected chi connectivity index (χ2v) is 13.7. The zero-order valence-electron chi connectivity index (χ0n) is 24.0. The molecule has 220 valence electrons. The number of nitrogens with one attached hydrogen (secondary N) is 1. The van der Waals surface area contributed by atoms with Gasteiger partial charge in [-0.1, -0.05) is 36.7 Å². The zero-order valence-corrected chi connectivity index (χ0v) is 25.6. The van der Waals surface area contributed by atoms with Crippen LogP contribution in [-0.4, -0.2) is 55.3 Å². The molecule has 6 nitrogen and oxygen atoms in total. The molecule has 1 spiro atoms. The number of hydrogen-bond acceptors (Lipinski definition) is 6. The van der Waals surface area contributed by atoms with Crippen molar-refractivity contribution in [2.24, 2.45) is 11.8 Å². The maximum Gasteiger partial charge on any atom is 0.261 e. The fourth-order valence-corrected chi connectivity index (χ4v) is 8.43. The number of aryl methyl sites for hydroxylation is 1. The number of aliphatic hydroxyl groups is 1. The number of fused-ring (bicyclic) bond motifs is 4. The van der Waals surface area contributed by atoms with Gasteiger partial charge >= 0.3 is 0 Å². The topological polar surface area (TPSA) is 71.0 Å². The SMILES string of the molecule is CC[C@@H]1SNC(=O)c2ccc3c(c2)N(C[C@@H]2CC[C@H]2[C@@H](O)/C=C\C[C@@H]1OC)C[C@@]1(CCCc2cc(Cl)ccc21)CO3. The van der Waals surface area contributed by atoms with Crippen molar-refractivity contribution >= 4 is 35.1 Å². The predicted molar refractivity (Wildman–Crippen MR) is 166 cm³/mol. The van der Waals surface area contributed by atoms with Gasteiger partial charge < -0.3 is 19.5 Å². The summed E-state index contributed by atoms with van der Waals surface area (Å²) >= 11 is 7.83. The second-order valence-electron chi connectivity index (χ2n) is 12.2. The maximum absolute atomic E-state index is 13.4. The number of benzene rings is 2. The minimum atomic E-state index is -0.480. The Morgan fingerprint density at radius 1 is 1.24 bits per heavy atom. The lowest BCUT2D eigenvalue weighted by Gasteiger charge is -2.45. The van der Waals surface area contributed by atoms with Gasteiger partial charge in [-0.25, -0.2) is 0 Å². The summed E-state index contributed by atoms with van der Waals surface area (Å²) in [7, 11) is 1.72. The molecule has 0 saturated heterocycles. The Kier molecular flexibility index (Phi) is 8.60. The first kappa shape index (κ1) is 28.9. The molecule has 0 unspecified atom stereocenters. The maximum atomic E-state index is 13.4. The third-order valence-corrected chi connectivity index (χ3v) is 11.3. The summed E-state index contributed by atoms with van der Waals surface area (Å²) in [5.41, 5.74) is 4.06. The minimum absolute atomic E-state index is 0.0563. The number of amides is 1. The van der Waals surface area contributed by atoms with Crippen LogP contribution in [0.3, 0.4) is 0 Å². The number of aliphatic hydroxyl groups excluding tert-OH is 1. The first-order chi connectivity index (χ1) is 19.9. The highest BCUT2D eigenvalue weighted by Gasteiger charge is 2.44. The number of hydrogen-bond donors (Lipinski definition) is 2. The van der Waals surface area contributed by atoms with Crippen molar-refractivity contribution in [2.75, 3.05) is 31.7 Å². The molecule has 2 aromatic carbocycles. The van der Waals surface area contributed by atoms with Crippen LogP contribution in [0, 0.1) is 11.8 Å². The van der Waals surface area contributed by atoms with E-state index in [2.05, 4.69) is 34.8 Å². The number of rotatable bonds is 2. The average Bonchev–Trinajstić information content (AvgIpc) is 3.10. The molecule has 6 rings (SSSR count). The van der Waals surface area contributed by atoms with Crippen molar-refractivity contribution in [1.29, 1.82) is 0 Å². The number of carbonyl (C=O) groups excluding carboxylic acids is 1. The molecule has 1 fully saturated rings. The zero-order chi connectivity index (χ0) is 28.6. The molecule has 2 N–H and O–H groups in total. The fraction of sp³-hybridized carbons (Fsp3) is 0.545. The monoisotopic (exact) mass is 596 g/mol. The molecule has 4 aliphatic rings. The van der Waals surface area contributed by atoms with Crippen LogP contribution in [0.1, 0.15) is 66.9 Å². The fourth-order valence-electron chi connectivity index (χ4n) is 7.31. The summed E-state index contributed by atoms with van der Waals surface area (Å²) in [5, 5.41) is 12.1. The van der Waals surface area contributed by atoms with Crippen molar-refractivity contribution in [3.8, 4) is 5.75 Å². The van der Waals surface area contributed by atoms with E-state index < -0.39 is 6.10 Å². The molecular formula is C33H41ClN2O4S. The Morgan fingerprint density at radius 2 is 2.12 bits per heavy atom. The molecule has 41 heavy (non-hydrogen) atoms. The number of carbonyl (C=O) groups is 1. The Labute approximate surface area is 252 Å².